The molecule has 0 aliphatic carbocycles. The lowest BCUT2D eigenvalue weighted by Crippen LogP contribution is -2.27. The molecule has 4 aromatic heterocycles. The number of aromatic nitrogens is 4. The van der Waals surface area contributed by atoms with Gasteiger partial charge < -0.3 is 14.5 Å². The molecule has 0 saturated heterocycles. The average molecular weight is 1010 g/mol. The van der Waals surface area contributed by atoms with Gasteiger partial charge in [-0.05, 0) is 96.1 Å². The quantitative estimate of drug-likeness (QED) is 0.179. The van der Waals surface area contributed by atoms with Crippen molar-refractivity contribution < 1.29 is 39.5 Å². The predicted octanol–water partition coefficient (Wildman–Crippen LogP) is 17.4. The van der Waals surface area contributed by atoms with Gasteiger partial charge in [-0.15, -0.1) is 0 Å². The van der Waals surface area contributed by atoms with E-state index in [1.807, 2.05) is 56.3 Å². The van der Waals surface area contributed by atoms with E-state index in [0.29, 0.717) is 44.0 Å². The van der Waals surface area contributed by atoms with Crippen LogP contribution in [-0.4, -0.2) is 18.7 Å². The second-order valence-electron chi connectivity index (χ2n) is 19.2. The fraction of sp³-hybridized carbons (Fsp3) is 0.100. The van der Waals surface area contributed by atoms with Crippen molar-refractivity contribution in [1.82, 2.24) is 18.7 Å². The number of nitriles is 1. The number of hydrogen-bond donors (Lipinski definition) is 1. The van der Waals surface area contributed by atoms with E-state index in [9.17, 15) is 44.8 Å². The molecule has 1 aliphatic heterocycles. The van der Waals surface area contributed by atoms with E-state index in [2.05, 4.69) is 11.4 Å². The Morgan fingerprint density at radius 2 is 0.867 bits per heavy atom. The summed E-state index contributed by atoms with van der Waals surface area (Å²) < 4.78 is 137. The van der Waals surface area contributed by atoms with Crippen molar-refractivity contribution in [3.63, 3.8) is 0 Å². The molecular weight excluding hydrogens is 976 g/mol. The molecule has 0 unspecified atom stereocenters. The van der Waals surface area contributed by atoms with Crippen LogP contribution in [0.4, 0.5) is 50.9 Å². The summed E-state index contributed by atoms with van der Waals surface area (Å²) in [6.07, 6.45) is -14.2. The van der Waals surface area contributed by atoms with Crippen LogP contribution in [0.2, 0.25) is 0 Å². The second-order valence-corrected chi connectivity index (χ2v) is 19.2. The highest BCUT2D eigenvalue weighted by Crippen LogP contribution is 2.52. The van der Waals surface area contributed by atoms with E-state index in [1.165, 1.54) is 18.2 Å². The number of pyridine rings is 1. The highest BCUT2D eigenvalue weighted by Gasteiger charge is 2.39. The van der Waals surface area contributed by atoms with Crippen molar-refractivity contribution in [2.24, 2.45) is 0 Å². The first-order valence-electron chi connectivity index (χ1n) is 23.7. The maximum atomic E-state index is 14.6. The molecule has 1 N–H and O–H groups in total. The minimum absolute atomic E-state index is 0.0264. The minimum Gasteiger partial charge on any atom is -0.355 e. The zero-order chi connectivity index (χ0) is 52.1. The number of halogens is 9. The van der Waals surface area contributed by atoms with Crippen LogP contribution in [0, 0.1) is 11.3 Å². The monoisotopic (exact) mass is 1010 g/mol. The van der Waals surface area contributed by atoms with Crippen molar-refractivity contribution >= 4 is 76.8 Å². The van der Waals surface area contributed by atoms with Crippen LogP contribution in [0.25, 0.3) is 93.9 Å². The zero-order valence-electron chi connectivity index (χ0n) is 39.3. The molecule has 12 aromatic rings. The number of hydrogen-bond acceptors (Lipinski definition) is 3. The molecule has 13 rings (SSSR count). The molecule has 0 fully saturated rings. The van der Waals surface area contributed by atoms with Gasteiger partial charge in [0.1, 0.15) is 17.3 Å². The first kappa shape index (κ1) is 45.8. The average Bonchev–Trinajstić information content (AvgIpc) is 4.04. The fourth-order valence-corrected chi connectivity index (χ4v) is 11.5. The zero-order valence-corrected chi connectivity index (χ0v) is 39.3. The number of benzene rings is 8. The molecule has 0 atom stereocenters. The normalized spacial score (nSPS) is 13.7. The smallest absolute Gasteiger partial charge is 0.355 e. The van der Waals surface area contributed by atoms with Gasteiger partial charge in [0.15, 0.2) is 5.82 Å². The Morgan fingerprint density at radius 1 is 0.453 bits per heavy atom. The molecule has 0 saturated carbocycles. The number of nitrogens with zero attached hydrogens (tertiary/aromatic N) is 5. The van der Waals surface area contributed by atoms with Gasteiger partial charge >= 0.3 is 18.5 Å². The van der Waals surface area contributed by atoms with E-state index in [1.54, 1.807) is 86.5 Å². The molecule has 6 nitrogen and oxygen atoms in total. The third-order valence-corrected chi connectivity index (χ3v) is 14.7. The van der Waals surface area contributed by atoms with Crippen LogP contribution >= 0.6 is 0 Å². The number of anilines is 2. The number of rotatable bonds is 4. The molecule has 0 spiro atoms. The topological polar surface area (TPSA) is 63.5 Å². The molecule has 8 aromatic carbocycles. The standard InChI is InChI=1S/C60H35F9N6/c1-57(2)43-16-6-7-17-44(43)71-45-18-11-15-38(52(45)57)53-54(73-46-19-8-3-12-35(46)39-28-32(58(61,62)63)22-25-49(39)73)42(31-70)55(74-47-20-9-4-13-36(47)40-29-33(59(64,65)66)23-26-50(40)74)56(72-53)75-48-21-10-5-14-37(48)41-30-34(60(67,68)69)24-27-51(41)75/h3-30,71H,1-2H3. The molecule has 15 heteroatoms. The number of para-hydroxylation sites is 4. The van der Waals surface area contributed by atoms with E-state index in [-0.39, 0.29) is 61.2 Å². The number of fused-ring (bicyclic) bond motifs is 11. The molecule has 0 radical (unpaired) electrons. The Balaban J connectivity index is 1.29. The summed E-state index contributed by atoms with van der Waals surface area (Å²) in [5.74, 6) is 0.0264. The van der Waals surface area contributed by atoms with Crippen LogP contribution in [0.1, 0.15) is 47.2 Å². The minimum atomic E-state index is -4.74. The largest absolute Gasteiger partial charge is 0.416 e. The molecule has 75 heavy (non-hydrogen) atoms. The second kappa shape index (κ2) is 15.7. The van der Waals surface area contributed by atoms with Crippen molar-refractivity contribution in [1.29, 1.82) is 5.26 Å². The van der Waals surface area contributed by atoms with E-state index in [4.69, 9.17) is 4.98 Å². The Kier molecular flexibility index (Phi) is 9.61. The molecule has 1 aliphatic rings. The molecule has 0 bridgehead atoms. The number of nitrogens with one attached hydrogen (secondary N) is 1. The first-order valence-corrected chi connectivity index (χ1v) is 23.7. The Bertz CT molecular complexity index is 4460. The van der Waals surface area contributed by atoms with Crippen LogP contribution in [0.15, 0.2) is 170 Å². The van der Waals surface area contributed by atoms with Crippen LogP contribution in [-0.2, 0) is 23.9 Å². The van der Waals surface area contributed by atoms with E-state index in [0.717, 1.165) is 53.2 Å². The summed E-state index contributed by atoms with van der Waals surface area (Å²) in [5, 5.41) is 17.6. The van der Waals surface area contributed by atoms with Crippen molar-refractivity contribution in [3.8, 4) is 34.5 Å². The summed E-state index contributed by atoms with van der Waals surface area (Å²) >= 11 is 0. The Hall–Kier alpha value is -9.03. The van der Waals surface area contributed by atoms with Gasteiger partial charge in [-0.2, -0.15) is 44.8 Å². The van der Waals surface area contributed by atoms with Crippen molar-refractivity contribution in [2.75, 3.05) is 5.32 Å². The predicted molar refractivity (Wildman–Crippen MR) is 274 cm³/mol. The van der Waals surface area contributed by atoms with Crippen molar-refractivity contribution in [2.45, 2.75) is 37.8 Å². The maximum Gasteiger partial charge on any atom is 0.416 e. The van der Waals surface area contributed by atoms with Gasteiger partial charge in [-0.1, -0.05) is 98.8 Å². The SMILES string of the molecule is CC1(C)c2ccccc2Nc2cccc(-c3nc(-n4c5ccccc5c5cc(C(F)(F)F)ccc54)c(-n4c5ccccc5c5cc(C(F)(F)F)ccc54)c(C#N)c3-n3c4ccccc4c4cc(C(F)(F)F)ccc43)c21. The molecular formula is C60H35F9N6. The van der Waals surface area contributed by atoms with Crippen molar-refractivity contribution in [3.05, 3.63) is 203 Å². The van der Waals surface area contributed by atoms with Crippen LogP contribution in [0.3, 0.4) is 0 Å². The first-order chi connectivity index (χ1) is 35.8. The van der Waals surface area contributed by atoms with Crippen LogP contribution < -0.4 is 5.32 Å². The van der Waals surface area contributed by atoms with E-state index >= 15 is 0 Å². The Morgan fingerprint density at radius 3 is 1.36 bits per heavy atom. The lowest BCUT2D eigenvalue weighted by atomic mass is 9.72. The third kappa shape index (κ3) is 6.71. The summed E-state index contributed by atoms with van der Waals surface area (Å²) in [4.78, 5) is 5.71. The molecule has 0 amide bonds. The van der Waals surface area contributed by atoms with Gasteiger partial charge in [-0.3, -0.25) is 4.57 Å². The Labute approximate surface area is 419 Å². The highest BCUT2D eigenvalue weighted by molar-refractivity contribution is 6.14. The fourth-order valence-electron chi connectivity index (χ4n) is 11.5. The maximum absolute atomic E-state index is 14.6. The molecule has 5 heterocycles. The number of alkyl halides is 9. The lowest BCUT2D eigenvalue weighted by Gasteiger charge is -2.37. The summed E-state index contributed by atoms with van der Waals surface area (Å²) in [7, 11) is 0. The van der Waals surface area contributed by atoms with Gasteiger partial charge in [0.2, 0.25) is 0 Å². The highest BCUT2D eigenvalue weighted by atomic mass is 19.4. The summed E-state index contributed by atoms with van der Waals surface area (Å²) in [5.41, 5.74) is 2.39. The van der Waals surface area contributed by atoms with E-state index < -0.39 is 40.6 Å². The van der Waals surface area contributed by atoms with Crippen LogP contribution in [0.5, 0.6) is 0 Å². The van der Waals surface area contributed by atoms with Gasteiger partial charge in [-0.25, -0.2) is 4.98 Å². The third-order valence-electron chi connectivity index (χ3n) is 14.7. The summed E-state index contributed by atoms with van der Waals surface area (Å²) in [6.45, 7) is 4.10. The lowest BCUT2D eigenvalue weighted by molar-refractivity contribution is -0.138. The van der Waals surface area contributed by atoms with Gasteiger partial charge in [0, 0.05) is 54.7 Å². The summed E-state index contributed by atoms with van der Waals surface area (Å²) in [6, 6.07) is 46.3. The van der Waals surface area contributed by atoms with Gasteiger partial charge in [0.05, 0.1) is 61.2 Å². The van der Waals surface area contributed by atoms with Gasteiger partial charge in [0.25, 0.3) is 0 Å². The molecule has 368 valence electrons.